The van der Waals surface area contributed by atoms with Crippen LogP contribution in [0.4, 0.5) is 9.18 Å². The maximum Gasteiger partial charge on any atom is 0.410 e. The summed E-state index contributed by atoms with van der Waals surface area (Å²) in [7, 11) is 1.54. The number of aliphatic hydroxyl groups is 2. The summed E-state index contributed by atoms with van der Waals surface area (Å²) in [6, 6.07) is 19.4. The fraction of sp³-hybridized carbons (Fsp3) is 0.564. The van der Waals surface area contributed by atoms with E-state index in [2.05, 4.69) is 25.6 Å². The van der Waals surface area contributed by atoms with E-state index in [1.807, 2.05) is 42.7 Å². The van der Waals surface area contributed by atoms with E-state index in [-0.39, 0.29) is 63.0 Å². The molecule has 366 valence electrons. The quantitative estimate of drug-likeness (QED) is 0.0303. The topological polar surface area (TPSA) is 119 Å². The maximum atomic E-state index is 14.9. The number of ether oxygens (including phenoxy) is 4. The predicted octanol–water partition coefficient (Wildman–Crippen LogP) is 13.2. The summed E-state index contributed by atoms with van der Waals surface area (Å²) in [5, 5.41) is 24.6. The molecule has 1 aliphatic heterocycles. The lowest BCUT2D eigenvalue weighted by Crippen LogP contribution is -2.70. The molecule has 0 radical (unpaired) electrons. The molecule has 1 heterocycles. The van der Waals surface area contributed by atoms with Gasteiger partial charge in [-0.3, -0.25) is 4.90 Å². The number of hydrogen-bond acceptors (Lipinski definition) is 10. The van der Waals surface area contributed by atoms with Gasteiger partial charge in [-0.05, 0) is 116 Å². The Balaban J connectivity index is 1.43. The van der Waals surface area contributed by atoms with Crippen LogP contribution in [0, 0.1) is 23.6 Å². The molecule has 6 atom stereocenters. The first-order chi connectivity index (χ1) is 32.8. The number of halogens is 1. The zero-order chi connectivity index (χ0) is 47.4. The lowest BCUT2D eigenvalue weighted by atomic mass is 9.55. The first-order valence-corrected chi connectivity index (χ1v) is 26.1. The molecule has 2 N–H and O–H groups in total. The van der Waals surface area contributed by atoms with Crippen molar-refractivity contribution in [1.29, 1.82) is 0 Å². The minimum Gasteiger partial charge on any atom is -0.459 e. The van der Waals surface area contributed by atoms with Gasteiger partial charge < -0.3 is 34.0 Å². The number of carbonyl (C=O) groups is 1. The molecule has 3 aromatic rings. The molecule has 0 spiro atoms. The first-order valence-electron chi connectivity index (χ1n) is 24.9. The second-order valence-corrected chi connectivity index (χ2v) is 19.2. The summed E-state index contributed by atoms with van der Waals surface area (Å²) in [4.78, 5) is 23.3. The molecule has 0 bridgehead atoms. The highest BCUT2D eigenvalue weighted by molar-refractivity contribution is 7.98. The fourth-order valence-corrected chi connectivity index (χ4v) is 10.9. The van der Waals surface area contributed by atoms with Gasteiger partial charge in [0, 0.05) is 42.6 Å². The molecule has 67 heavy (non-hydrogen) atoms. The first kappa shape index (κ1) is 52.0. The van der Waals surface area contributed by atoms with E-state index in [1.165, 1.54) is 64.2 Å². The predicted molar refractivity (Wildman–Crippen MR) is 265 cm³/mol. The van der Waals surface area contributed by atoms with E-state index in [0.29, 0.717) is 35.8 Å². The van der Waals surface area contributed by atoms with Crippen LogP contribution in [0.5, 0.6) is 17.2 Å². The number of oxime groups is 1. The Morgan fingerprint density at radius 1 is 0.896 bits per heavy atom. The SMILES string of the molecule is C=CCO[C@@]12Oc3ccc(Oc4ccc(SC)cc4)cc3[C@H]3[C@H](CCCCO)[C@@H](CCCCO)C=C(C(=NOC)C[C@@H]1N(Cc1ccc(F)cc1)C(=O)OCCCCCCCCCCCC)[C@H]32. The molecule has 1 fully saturated rings. The smallest absolute Gasteiger partial charge is 0.410 e. The van der Waals surface area contributed by atoms with Gasteiger partial charge in [-0.2, -0.15) is 0 Å². The van der Waals surface area contributed by atoms with Crippen molar-refractivity contribution in [2.45, 2.75) is 145 Å². The minimum atomic E-state index is -1.47. The van der Waals surface area contributed by atoms with Crippen molar-refractivity contribution in [3.8, 4) is 17.2 Å². The van der Waals surface area contributed by atoms with Gasteiger partial charge in [-0.1, -0.05) is 107 Å². The molecule has 0 aromatic heterocycles. The van der Waals surface area contributed by atoms with Crippen LogP contribution >= 0.6 is 11.8 Å². The maximum absolute atomic E-state index is 14.9. The van der Waals surface area contributed by atoms with E-state index in [9.17, 15) is 19.4 Å². The van der Waals surface area contributed by atoms with Crippen molar-refractivity contribution in [2.24, 2.45) is 22.9 Å². The number of unbranched alkanes of at least 4 members (excludes halogenated alkanes) is 11. The van der Waals surface area contributed by atoms with Crippen molar-refractivity contribution < 1.29 is 43.2 Å². The number of benzene rings is 3. The van der Waals surface area contributed by atoms with E-state index >= 15 is 0 Å². The molecule has 3 aliphatic rings. The Morgan fingerprint density at radius 3 is 2.22 bits per heavy atom. The van der Waals surface area contributed by atoms with Crippen molar-refractivity contribution in [3.05, 3.63) is 108 Å². The van der Waals surface area contributed by atoms with Gasteiger partial charge in [0.2, 0.25) is 5.79 Å². The van der Waals surface area contributed by atoms with Crippen LogP contribution in [0.3, 0.4) is 0 Å². The number of carbonyl (C=O) groups excluding carboxylic acids is 1. The zero-order valence-electron chi connectivity index (χ0n) is 40.2. The summed E-state index contributed by atoms with van der Waals surface area (Å²) < 4.78 is 41.6. The minimum absolute atomic E-state index is 0.0425. The Hall–Kier alpha value is -4.36. The van der Waals surface area contributed by atoms with E-state index < -0.39 is 23.8 Å². The third-order valence-electron chi connectivity index (χ3n) is 13.7. The second-order valence-electron chi connectivity index (χ2n) is 18.3. The number of aliphatic hydroxyl groups excluding tert-OH is 2. The number of allylic oxidation sites excluding steroid dienone is 1. The summed E-state index contributed by atoms with van der Waals surface area (Å²) in [6.45, 7) is 6.96. The van der Waals surface area contributed by atoms with Gasteiger partial charge in [0.05, 0.1) is 24.8 Å². The highest BCUT2D eigenvalue weighted by Crippen LogP contribution is 2.62. The van der Waals surface area contributed by atoms with Gasteiger partial charge in [0.15, 0.2) is 0 Å². The number of nitrogens with zero attached hydrogens (tertiary/aromatic N) is 2. The van der Waals surface area contributed by atoms with Crippen LogP contribution < -0.4 is 9.47 Å². The Kier molecular flexibility index (Phi) is 21.0. The average molecular weight is 943 g/mol. The van der Waals surface area contributed by atoms with Gasteiger partial charge in [0.1, 0.15) is 36.2 Å². The summed E-state index contributed by atoms with van der Waals surface area (Å²) >= 11 is 1.67. The van der Waals surface area contributed by atoms with Gasteiger partial charge in [-0.25, -0.2) is 9.18 Å². The number of rotatable bonds is 29. The standard InChI is InChI=1S/C55H75FN2O8S/c1-5-7-8-9-10-11-12-13-14-19-35-63-54(61)58(39-40-22-24-42(56)25-23-40)51-38-49(57-62-3)47-36-41(20-15-17-32-59)46(21-16-18-33-60)52-48-37-44(65-43-26-29-45(67-4)30-27-43)28-31-50(48)66-55(51,53(47)52)64-34-6-2/h6,22-31,36-37,41,46,51-53,59-60H,2,5,7-21,32-35,38-39H2,1,3-4H3/t41-,46+,51-,52+,53+,55+/m0/s1. The molecular formula is C55H75FN2O8S. The highest BCUT2D eigenvalue weighted by Gasteiger charge is 2.65. The van der Waals surface area contributed by atoms with Gasteiger partial charge in [0.25, 0.3) is 0 Å². The lowest BCUT2D eigenvalue weighted by Gasteiger charge is -2.59. The average Bonchev–Trinajstić information content (AvgIpc) is 3.34. The second kappa shape index (κ2) is 27.0. The Labute approximate surface area is 403 Å². The molecular weight excluding hydrogens is 868 g/mol. The van der Waals surface area contributed by atoms with Crippen molar-refractivity contribution in [1.82, 2.24) is 4.90 Å². The fourth-order valence-electron chi connectivity index (χ4n) is 10.5. The van der Waals surface area contributed by atoms with E-state index in [1.54, 1.807) is 34.9 Å². The number of hydrogen-bond donors (Lipinski definition) is 2. The highest BCUT2D eigenvalue weighted by atomic mass is 32.2. The molecule has 12 heteroatoms. The van der Waals surface area contributed by atoms with Gasteiger partial charge >= 0.3 is 6.09 Å². The Morgan fingerprint density at radius 2 is 1.57 bits per heavy atom. The normalized spacial score (nSPS) is 22.3. The summed E-state index contributed by atoms with van der Waals surface area (Å²) in [5.74, 6) is -0.454. The molecule has 3 aromatic carbocycles. The number of fused-ring (bicyclic) bond motifs is 2. The van der Waals surface area contributed by atoms with Crippen LogP contribution in [0.1, 0.15) is 133 Å². The summed E-state index contributed by atoms with van der Waals surface area (Å²) in [6.07, 6.45) is 21.9. The van der Waals surface area contributed by atoms with Crippen LogP contribution in [0.2, 0.25) is 0 Å². The van der Waals surface area contributed by atoms with E-state index in [4.69, 9.17) is 28.9 Å². The van der Waals surface area contributed by atoms with Crippen LogP contribution in [-0.4, -0.2) is 78.5 Å². The lowest BCUT2D eigenvalue weighted by molar-refractivity contribution is -0.256. The van der Waals surface area contributed by atoms with Crippen molar-refractivity contribution in [3.63, 3.8) is 0 Å². The van der Waals surface area contributed by atoms with Crippen molar-refractivity contribution >= 4 is 23.6 Å². The Bertz CT molecular complexity index is 2050. The third-order valence-corrected chi connectivity index (χ3v) is 14.5. The van der Waals surface area contributed by atoms with Crippen molar-refractivity contribution in [2.75, 3.05) is 39.8 Å². The monoisotopic (exact) mass is 943 g/mol. The molecule has 1 amide bonds. The van der Waals surface area contributed by atoms with Gasteiger partial charge in [-0.15, -0.1) is 18.3 Å². The number of thioether (sulfide) groups is 1. The molecule has 2 aliphatic carbocycles. The van der Waals surface area contributed by atoms with Crippen LogP contribution in [0.15, 0.2) is 101 Å². The zero-order valence-corrected chi connectivity index (χ0v) is 41.0. The number of amides is 1. The van der Waals surface area contributed by atoms with Crippen LogP contribution in [0.25, 0.3) is 0 Å². The molecule has 0 unspecified atom stereocenters. The third kappa shape index (κ3) is 13.7. The largest absolute Gasteiger partial charge is 0.459 e. The molecule has 10 nitrogen and oxygen atoms in total. The van der Waals surface area contributed by atoms with Crippen LogP contribution in [-0.2, 0) is 20.9 Å². The van der Waals surface area contributed by atoms with E-state index in [0.717, 1.165) is 66.5 Å². The summed E-state index contributed by atoms with van der Waals surface area (Å²) in [5.41, 5.74) is 3.29. The molecule has 1 saturated carbocycles. The molecule has 6 rings (SSSR count). The molecule has 0 saturated heterocycles.